The number of hydrogen-bond acceptors (Lipinski definition) is 5. The van der Waals surface area contributed by atoms with Crippen LogP contribution in [0.1, 0.15) is 10.4 Å². The molecule has 1 aromatic heterocycles. The van der Waals surface area contributed by atoms with E-state index in [1.165, 1.54) is 30.2 Å². The maximum Gasteiger partial charge on any atom is 0.173 e. The Labute approximate surface area is 103 Å². The predicted molar refractivity (Wildman–Crippen MR) is 65.2 cm³/mol. The van der Waals surface area contributed by atoms with Crippen LogP contribution in [0.15, 0.2) is 47.9 Å². The highest BCUT2D eigenvalue weighted by atomic mass is 32.2. The monoisotopic (exact) mass is 246 g/mol. The van der Waals surface area contributed by atoms with Crippen LogP contribution in [0, 0.1) is 0 Å². The number of phenols is 1. The van der Waals surface area contributed by atoms with Crippen LogP contribution in [0.3, 0.4) is 0 Å². The largest absolute Gasteiger partial charge is 0.508 e. The third-order valence-corrected chi connectivity index (χ3v) is 3.04. The van der Waals surface area contributed by atoms with Gasteiger partial charge in [-0.25, -0.2) is 9.97 Å². The van der Waals surface area contributed by atoms with Crippen LogP contribution >= 0.6 is 11.8 Å². The number of ketones is 1. The van der Waals surface area contributed by atoms with Crippen LogP contribution in [-0.2, 0) is 0 Å². The van der Waals surface area contributed by atoms with Crippen molar-refractivity contribution < 1.29 is 9.90 Å². The SMILES string of the molecule is O=C(CSc1ccncn1)c1ccc(O)cc1. The van der Waals surface area contributed by atoms with Crippen LogP contribution in [0.2, 0.25) is 0 Å². The van der Waals surface area contributed by atoms with E-state index in [0.29, 0.717) is 11.3 Å². The molecular formula is C12H10N2O2S. The van der Waals surface area contributed by atoms with Gasteiger partial charge in [-0.1, -0.05) is 11.8 Å². The molecule has 4 nitrogen and oxygen atoms in total. The molecule has 0 atom stereocenters. The van der Waals surface area contributed by atoms with E-state index >= 15 is 0 Å². The van der Waals surface area contributed by atoms with Gasteiger partial charge in [-0.15, -0.1) is 0 Å². The van der Waals surface area contributed by atoms with Gasteiger partial charge in [-0.3, -0.25) is 4.79 Å². The van der Waals surface area contributed by atoms with Crippen LogP contribution in [0.4, 0.5) is 0 Å². The van der Waals surface area contributed by atoms with E-state index < -0.39 is 0 Å². The van der Waals surface area contributed by atoms with Crippen molar-refractivity contribution in [3.8, 4) is 5.75 Å². The average Bonchev–Trinajstić information content (AvgIpc) is 2.38. The first-order valence-electron chi connectivity index (χ1n) is 4.97. The number of carbonyl (C=O) groups is 1. The zero-order valence-corrected chi connectivity index (χ0v) is 9.72. The summed E-state index contributed by atoms with van der Waals surface area (Å²) in [6.45, 7) is 0. The summed E-state index contributed by atoms with van der Waals surface area (Å²) in [5.74, 6) is 0.487. The van der Waals surface area contributed by atoms with Crippen molar-refractivity contribution in [2.45, 2.75) is 5.03 Å². The minimum absolute atomic E-state index is 0.00797. The number of aromatic hydroxyl groups is 1. The highest BCUT2D eigenvalue weighted by Gasteiger charge is 2.06. The van der Waals surface area contributed by atoms with Gasteiger partial charge in [0.2, 0.25) is 0 Å². The van der Waals surface area contributed by atoms with Gasteiger partial charge in [-0.05, 0) is 30.3 Å². The van der Waals surface area contributed by atoms with E-state index in [1.54, 1.807) is 24.4 Å². The molecule has 0 saturated carbocycles. The smallest absolute Gasteiger partial charge is 0.173 e. The Balaban J connectivity index is 1.96. The highest BCUT2D eigenvalue weighted by molar-refractivity contribution is 7.99. The van der Waals surface area contributed by atoms with Crippen molar-refractivity contribution in [2.75, 3.05) is 5.75 Å². The maximum absolute atomic E-state index is 11.8. The molecule has 2 rings (SSSR count). The summed E-state index contributed by atoms with van der Waals surface area (Å²) in [6.07, 6.45) is 3.09. The Bertz CT molecular complexity index is 500. The second-order valence-electron chi connectivity index (χ2n) is 3.31. The van der Waals surface area contributed by atoms with E-state index in [1.807, 2.05) is 0 Å². The van der Waals surface area contributed by atoms with Crippen LogP contribution in [-0.4, -0.2) is 26.6 Å². The van der Waals surface area contributed by atoms with E-state index in [9.17, 15) is 4.79 Å². The number of thioether (sulfide) groups is 1. The number of phenolic OH excluding ortho intramolecular Hbond substituents is 1. The van der Waals surface area contributed by atoms with Gasteiger partial charge in [0.25, 0.3) is 0 Å². The molecule has 0 aliphatic carbocycles. The Hall–Kier alpha value is -1.88. The summed E-state index contributed by atoms with van der Waals surface area (Å²) < 4.78 is 0. The fraction of sp³-hybridized carbons (Fsp3) is 0.0833. The van der Waals surface area contributed by atoms with Gasteiger partial charge in [0.1, 0.15) is 12.1 Å². The lowest BCUT2D eigenvalue weighted by atomic mass is 10.1. The molecule has 5 heteroatoms. The summed E-state index contributed by atoms with van der Waals surface area (Å²) in [5.41, 5.74) is 0.587. The first-order chi connectivity index (χ1) is 8.25. The standard InChI is InChI=1S/C12H10N2O2S/c15-10-3-1-9(2-4-10)11(16)7-17-12-5-6-13-8-14-12/h1-6,8,15H,7H2. The number of benzene rings is 1. The summed E-state index contributed by atoms with van der Waals surface area (Å²) in [4.78, 5) is 19.6. The second-order valence-corrected chi connectivity index (χ2v) is 4.30. The normalized spacial score (nSPS) is 10.1. The van der Waals surface area contributed by atoms with Crippen molar-refractivity contribution in [1.82, 2.24) is 9.97 Å². The summed E-state index contributed by atoms with van der Waals surface area (Å²) in [6, 6.07) is 7.98. The van der Waals surface area contributed by atoms with Crippen molar-refractivity contribution >= 4 is 17.5 Å². The van der Waals surface area contributed by atoms with Gasteiger partial charge in [0, 0.05) is 11.8 Å². The Morgan fingerprint density at radius 1 is 1.24 bits per heavy atom. The van der Waals surface area contributed by atoms with E-state index in [2.05, 4.69) is 9.97 Å². The molecule has 0 fully saturated rings. The minimum atomic E-state index is 0.00797. The number of carbonyl (C=O) groups excluding carboxylic acids is 1. The second kappa shape index (κ2) is 5.45. The first-order valence-corrected chi connectivity index (χ1v) is 5.95. The zero-order chi connectivity index (χ0) is 12.1. The topological polar surface area (TPSA) is 63.1 Å². The lowest BCUT2D eigenvalue weighted by Crippen LogP contribution is -2.02. The van der Waals surface area contributed by atoms with E-state index in [-0.39, 0.29) is 11.5 Å². The van der Waals surface area contributed by atoms with Gasteiger partial charge in [0.05, 0.1) is 10.8 Å². The van der Waals surface area contributed by atoms with E-state index in [0.717, 1.165) is 5.03 Å². The molecule has 1 aromatic carbocycles. The summed E-state index contributed by atoms with van der Waals surface area (Å²) in [7, 11) is 0. The Morgan fingerprint density at radius 3 is 2.65 bits per heavy atom. The molecule has 86 valence electrons. The van der Waals surface area contributed by atoms with Gasteiger partial charge in [-0.2, -0.15) is 0 Å². The molecule has 0 spiro atoms. The molecule has 0 bridgehead atoms. The summed E-state index contributed by atoms with van der Waals surface area (Å²) in [5, 5.41) is 9.88. The number of nitrogens with zero attached hydrogens (tertiary/aromatic N) is 2. The molecule has 0 saturated heterocycles. The molecule has 0 radical (unpaired) electrons. The molecule has 0 aliphatic heterocycles. The van der Waals surface area contributed by atoms with Crippen molar-refractivity contribution in [3.05, 3.63) is 48.4 Å². The Kier molecular flexibility index (Phi) is 3.72. The van der Waals surface area contributed by atoms with Gasteiger partial charge < -0.3 is 5.11 Å². The van der Waals surface area contributed by atoms with Crippen LogP contribution < -0.4 is 0 Å². The molecule has 0 unspecified atom stereocenters. The maximum atomic E-state index is 11.8. The quantitative estimate of drug-likeness (QED) is 0.509. The summed E-state index contributed by atoms with van der Waals surface area (Å²) >= 11 is 1.36. The van der Waals surface area contributed by atoms with Crippen molar-refractivity contribution in [2.24, 2.45) is 0 Å². The third-order valence-electron chi connectivity index (χ3n) is 2.10. The first kappa shape index (κ1) is 11.6. The number of hydrogen-bond donors (Lipinski definition) is 1. The minimum Gasteiger partial charge on any atom is -0.508 e. The molecule has 0 amide bonds. The lowest BCUT2D eigenvalue weighted by Gasteiger charge is -2.00. The fourth-order valence-electron chi connectivity index (χ4n) is 1.23. The highest BCUT2D eigenvalue weighted by Crippen LogP contribution is 2.17. The fourth-order valence-corrected chi connectivity index (χ4v) is 1.96. The predicted octanol–water partition coefficient (Wildman–Crippen LogP) is 2.16. The molecule has 1 heterocycles. The number of aromatic nitrogens is 2. The molecule has 1 N–H and O–H groups in total. The van der Waals surface area contributed by atoms with Gasteiger partial charge >= 0.3 is 0 Å². The van der Waals surface area contributed by atoms with Crippen molar-refractivity contribution in [3.63, 3.8) is 0 Å². The lowest BCUT2D eigenvalue weighted by molar-refractivity contribution is 0.102. The van der Waals surface area contributed by atoms with Crippen LogP contribution in [0.25, 0.3) is 0 Å². The molecule has 0 aliphatic rings. The van der Waals surface area contributed by atoms with E-state index in [4.69, 9.17) is 5.11 Å². The molecular weight excluding hydrogens is 236 g/mol. The third kappa shape index (κ3) is 3.29. The molecule has 2 aromatic rings. The molecule has 17 heavy (non-hydrogen) atoms. The van der Waals surface area contributed by atoms with Crippen LogP contribution in [0.5, 0.6) is 5.75 Å². The van der Waals surface area contributed by atoms with Gasteiger partial charge in [0.15, 0.2) is 5.78 Å². The zero-order valence-electron chi connectivity index (χ0n) is 8.91. The number of Topliss-reactive ketones (excluding diaryl/α,β-unsaturated/α-hetero) is 1. The van der Waals surface area contributed by atoms with Crippen molar-refractivity contribution in [1.29, 1.82) is 0 Å². The number of rotatable bonds is 4. The Morgan fingerprint density at radius 2 is 2.00 bits per heavy atom. The average molecular weight is 246 g/mol.